The first-order chi connectivity index (χ1) is 13.5. The van der Waals surface area contributed by atoms with Gasteiger partial charge in [-0.05, 0) is 61.2 Å². The van der Waals surface area contributed by atoms with Crippen molar-refractivity contribution in [3.8, 4) is 17.2 Å². The van der Waals surface area contributed by atoms with Crippen LogP contribution in [0.25, 0.3) is 0 Å². The fraction of sp³-hybridized carbons (Fsp3) is 0.364. The van der Waals surface area contributed by atoms with Crippen molar-refractivity contribution >= 4 is 12.1 Å². The summed E-state index contributed by atoms with van der Waals surface area (Å²) < 4.78 is 16.6. The first-order valence-corrected chi connectivity index (χ1v) is 9.47. The average Bonchev–Trinajstić information content (AvgIpc) is 2.69. The molecule has 2 aromatic carbocycles. The molecule has 0 saturated carbocycles. The van der Waals surface area contributed by atoms with E-state index >= 15 is 0 Å². The van der Waals surface area contributed by atoms with Crippen molar-refractivity contribution in [2.45, 2.75) is 33.6 Å². The molecule has 0 unspecified atom stereocenters. The van der Waals surface area contributed by atoms with Crippen LogP contribution in [-0.4, -0.2) is 31.9 Å². The molecule has 0 aromatic heterocycles. The minimum Gasteiger partial charge on any atom is -0.490 e. The number of amides is 1. The maximum absolute atomic E-state index is 11.9. The second kappa shape index (κ2) is 11.0. The van der Waals surface area contributed by atoms with Crippen LogP contribution in [0.2, 0.25) is 0 Å². The molecule has 28 heavy (non-hydrogen) atoms. The largest absolute Gasteiger partial charge is 0.490 e. The molecule has 2 rings (SSSR count). The third kappa shape index (κ3) is 6.61. The molecule has 0 aliphatic rings. The number of hydrogen-bond acceptors (Lipinski definition) is 5. The summed E-state index contributed by atoms with van der Waals surface area (Å²) in [4.78, 5) is 11.9. The highest BCUT2D eigenvalue weighted by atomic mass is 16.5. The molecule has 1 amide bonds. The summed E-state index contributed by atoms with van der Waals surface area (Å²) in [5.74, 6) is 2.06. The smallest absolute Gasteiger partial charge is 0.277 e. The lowest BCUT2D eigenvalue weighted by Crippen LogP contribution is -2.24. The molecule has 0 aliphatic carbocycles. The van der Waals surface area contributed by atoms with E-state index in [1.54, 1.807) is 6.21 Å². The van der Waals surface area contributed by atoms with E-state index in [9.17, 15) is 4.79 Å². The van der Waals surface area contributed by atoms with Crippen molar-refractivity contribution in [1.82, 2.24) is 5.43 Å². The van der Waals surface area contributed by atoms with Crippen LogP contribution in [0, 0.1) is 0 Å². The molecule has 1 N–H and O–H groups in total. The van der Waals surface area contributed by atoms with Gasteiger partial charge in [0.2, 0.25) is 0 Å². The van der Waals surface area contributed by atoms with Crippen LogP contribution in [0.4, 0.5) is 0 Å². The second-order valence-electron chi connectivity index (χ2n) is 6.38. The minimum atomic E-state index is -0.331. The topological polar surface area (TPSA) is 69.2 Å². The Balaban J connectivity index is 1.89. The van der Waals surface area contributed by atoms with E-state index in [-0.39, 0.29) is 12.5 Å². The van der Waals surface area contributed by atoms with Gasteiger partial charge in [-0.2, -0.15) is 5.10 Å². The molecule has 0 atom stereocenters. The van der Waals surface area contributed by atoms with Gasteiger partial charge in [0.05, 0.1) is 19.4 Å². The van der Waals surface area contributed by atoms with Crippen molar-refractivity contribution in [2.24, 2.45) is 5.10 Å². The number of benzene rings is 2. The standard InChI is InChI=1S/C22H28N2O4/c1-5-26-20-11-10-17(12-21(20)27-6-2)14-23-24-22(25)15-28-19-9-7-8-18(13-19)16(3)4/h7-14,16H,5-6,15H2,1-4H3,(H,24,25)/b23-14+. The summed E-state index contributed by atoms with van der Waals surface area (Å²) >= 11 is 0. The molecule has 0 bridgehead atoms. The summed E-state index contributed by atoms with van der Waals surface area (Å²) in [6, 6.07) is 13.2. The third-order valence-corrected chi connectivity index (χ3v) is 3.87. The van der Waals surface area contributed by atoms with E-state index in [0.717, 1.165) is 11.1 Å². The van der Waals surface area contributed by atoms with E-state index in [2.05, 4.69) is 24.4 Å². The van der Waals surface area contributed by atoms with Crippen LogP contribution in [-0.2, 0) is 4.79 Å². The Hall–Kier alpha value is -3.02. The van der Waals surface area contributed by atoms with Crippen molar-refractivity contribution in [2.75, 3.05) is 19.8 Å². The lowest BCUT2D eigenvalue weighted by Gasteiger charge is -2.11. The lowest BCUT2D eigenvalue weighted by molar-refractivity contribution is -0.123. The number of nitrogens with one attached hydrogen (secondary N) is 1. The minimum absolute atomic E-state index is 0.105. The van der Waals surface area contributed by atoms with Gasteiger partial charge in [-0.1, -0.05) is 26.0 Å². The van der Waals surface area contributed by atoms with Gasteiger partial charge in [0.15, 0.2) is 18.1 Å². The number of carbonyl (C=O) groups excluding carboxylic acids is 1. The Morgan fingerprint density at radius 1 is 1.04 bits per heavy atom. The monoisotopic (exact) mass is 384 g/mol. The van der Waals surface area contributed by atoms with Crippen LogP contribution < -0.4 is 19.6 Å². The van der Waals surface area contributed by atoms with Crippen molar-refractivity contribution in [3.63, 3.8) is 0 Å². The zero-order valence-corrected chi connectivity index (χ0v) is 16.9. The van der Waals surface area contributed by atoms with Crippen LogP contribution in [0.15, 0.2) is 47.6 Å². The fourth-order valence-electron chi connectivity index (χ4n) is 2.47. The fourth-order valence-corrected chi connectivity index (χ4v) is 2.47. The number of hydrazone groups is 1. The molecule has 0 aliphatic heterocycles. The molecule has 2 aromatic rings. The van der Waals surface area contributed by atoms with Gasteiger partial charge in [-0.25, -0.2) is 5.43 Å². The summed E-state index contributed by atoms with van der Waals surface area (Å²) in [5.41, 5.74) is 4.42. The predicted octanol–water partition coefficient (Wildman–Crippen LogP) is 4.14. The predicted molar refractivity (Wildman–Crippen MR) is 111 cm³/mol. The number of nitrogens with zero attached hydrogens (tertiary/aromatic N) is 1. The molecule has 6 nitrogen and oxygen atoms in total. The molecule has 6 heteroatoms. The number of rotatable bonds is 10. The van der Waals surface area contributed by atoms with Crippen LogP contribution >= 0.6 is 0 Å². The molecular formula is C22H28N2O4. The van der Waals surface area contributed by atoms with Crippen LogP contribution in [0.5, 0.6) is 17.2 Å². The normalized spacial score (nSPS) is 10.9. The molecule has 0 saturated heterocycles. The SMILES string of the molecule is CCOc1ccc(/C=N/NC(=O)COc2cccc(C(C)C)c2)cc1OCC. The van der Waals surface area contributed by atoms with Gasteiger partial charge >= 0.3 is 0 Å². The van der Waals surface area contributed by atoms with Crippen molar-refractivity contribution < 1.29 is 19.0 Å². The van der Waals surface area contributed by atoms with Crippen molar-refractivity contribution in [1.29, 1.82) is 0 Å². The molecular weight excluding hydrogens is 356 g/mol. The number of carbonyl (C=O) groups is 1. The quantitative estimate of drug-likeness (QED) is 0.494. The third-order valence-electron chi connectivity index (χ3n) is 3.87. The van der Waals surface area contributed by atoms with Gasteiger partial charge < -0.3 is 14.2 Å². The highest BCUT2D eigenvalue weighted by molar-refractivity contribution is 5.83. The average molecular weight is 384 g/mol. The van der Waals surface area contributed by atoms with E-state index < -0.39 is 0 Å². The summed E-state index contributed by atoms with van der Waals surface area (Å²) in [5, 5.41) is 3.98. The van der Waals surface area contributed by atoms with E-state index in [4.69, 9.17) is 14.2 Å². The lowest BCUT2D eigenvalue weighted by atomic mass is 10.0. The maximum atomic E-state index is 11.9. The zero-order chi connectivity index (χ0) is 20.4. The van der Waals surface area contributed by atoms with Gasteiger partial charge in [-0.3, -0.25) is 4.79 Å². The van der Waals surface area contributed by atoms with Crippen molar-refractivity contribution in [3.05, 3.63) is 53.6 Å². The summed E-state index contributed by atoms with van der Waals surface area (Å²) in [7, 11) is 0. The Morgan fingerprint density at radius 2 is 1.79 bits per heavy atom. The van der Waals surface area contributed by atoms with E-state index in [1.165, 1.54) is 0 Å². The van der Waals surface area contributed by atoms with Crippen LogP contribution in [0.1, 0.15) is 44.7 Å². The number of ether oxygens (including phenoxy) is 3. The van der Waals surface area contributed by atoms with E-state index in [1.807, 2.05) is 56.3 Å². The highest BCUT2D eigenvalue weighted by Gasteiger charge is 2.06. The van der Waals surface area contributed by atoms with Gasteiger partial charge in [0.1, 0.15) is 5.75 Å². The summed E-state index contributed by atoms with van der Waals surface area (Å²) in [6.07, 6.45) is 1.55. The molecule has 0 heterocycles. The Bertz CT molecular complexity index is 803. The first-order valence-electron chi connectivity index (χ1n) is 9.47. The summed E-state index contributed by atoms with van der Waals surface area (Å²) in [6.45, 7) is 9.04. The highest BCUT2D eigenvalue weighted by Crippen LogP contribution is 2.28. The van der Waals surface area contributed by atoms with Gasteiger partial charge in [0, 0.05) is 0 Å². The molecule has 0 spiro atoms. The Kier molecular flexibility index (Phi) is 8.34. The van der Waals surface area contributed by atoms with E-state index in [0.29, 0.717) is 36.4 Å². The first kappa shape index (κ1) is 21.3. The second-order valence-corrected chi connectivity index (χ2v) is 6.38. The molecule has 0 radical (unpaired) electrons. The molecule has 0 fully saturated rings. The van der Waals surface area contributed by atoms with Gasteiger partial charge in [0.25, 0.3) is 5.91 Å². The Morgan fingerprint density at radius 3 is 2.50 bits per heavy atom. The zero-order valence-electron chi connectivity index (χ0n) is 16.9. The van der Waals surface area contributed by atoms with Crippen LogP contribution in [0.3, 0.4) is 0 Å². The van der Waals surface area contributed by atoms with Gasteiger partial charge in [-0.15, -0.1) is 0 Å². The maximum Gasteiger partial charge on any atom is 0.277 e. The number of hydrogen-bond donors (Lipinski definition) is 1. The molecule has 150 valence electrons. The Labute approximate surface area is 166 Å².